The fourth-order valence-corrected chi connectivity index (χ4v) is 5.16. The van der Waals surface area contributed by atoms with Gasteiger partial charge < -0.3 is 26.2 Å². The van der Waals surface area contributed by atoms with Crippen LogP contribution in [0.3, 0.4) is 0 Å². The fourth-order valence-electron chi connectivity index (χ4n) is 5.03. The van der Waals surface area contributed by atoms with Crippen molar-refractivity contribution in [3.05, 3.63) is 82.4 Å². The van der Waals surface area contributed by atoms with Crippen LogP contribution in [0.15, 0.2) is 66.7 Å². The van der Waals surface area contributed by atoms with Crippen molar-refractivity contribution in [3.8, 4) is 0 Å². The number of unbranched alkanes of at least 4 members (excludes halogenated alkanes) is 1. The standard InChI is InChI=1S/C24H33N3O4.C11H12Cl2N2O5/c1-4-5-8-19(15-22(28)27-31)23(29)26-21(13-16(2)3)24(30)25-20-12-11-17-9-6-7-10-18(17)14-20;12-10(13)11(18)14-8(5-16)9(17)6-1-3-7(4-2-6)15(19)20/h6-7,9-12,14,16,19,21,31H,4-5,8,13,15H2,1-3H3,(H,25,30)(H,26,29)(H,27,28);1-4,8-10,16-17H,5H2,(H,14,18)/t19-,21-;8-,9-/m01/s1. The highest BCUT2D eigenvalue weighted by atomic mass is 35.5. The van der Waals surface area contributed by atoms with Gasteiger partial charge in [-0.3, -0.25) is 34.5 Å². The predicted octanol–water partition coefficient (Wildman–Crippen LogP) is 4.92. The number of nitrogens with zero attached hydrogens (tertiary/aromatic N) is 1. The molecule has 0 bridgehead atoms. The Morgan fingerprint density at radius 2 is 1.55 bits per heavy atom. The van der Waals surface area contributed by atoms with E-state index in [0.29, 0.717) is 24.1 Å². The van der Waals surface area contributed by atoms with Gasteiger partial charge in [0.1, 0.15) is 12.1 Å². The molecule has 4 amide bonds. The van der Waals surface area contributed by atoms with Crippen molar-refractivity contribution in [1.29, 1.82) is 0 Å². The molecule has 3 aromatic rings. The second-order valence-corrected chi connectivity index (χ2v) is 13.3. The minimum absolute atomic E-state index is 0.122. The summed E-state index contributed by atoms with van der Waals surface area (Å²) in [4.78, 5) is 57.4. The number of nitro benzene ring substituents is 1. The first-order valence-corrected chi connectivity index (χ1v) is 17.2. The summed E-state index contributed by atoms with van der Waals surface area (Å²) in [5.74, 6) is -2.43. The number of hydrogen-bond acceptors (Lipinski definition) is 9. The number of carbonyl (C=O) groups is 4. The molecule has 3 aromatic carbocycles. The van der Waals surface area contributed by atoms with E-state index in [1.807, 2.05) is 63.2 Å². The molecule has 7 N–H and O–H groups in total. The van der Waals surface area contributed by atoms with E-state index in [-0.39, 0.29) is 29.8 Å². The quantitative estimate of drug-likeness (QED) is 0.0430. The molecule has 0 saturated heterocycles. The van der Waals surface area contributed by atoms with Gasteiger partial charge >= 0.3 is 0 Å². The molecule has 16 heteroatoms. The third-order valence-electron chi connectivity index (χ3n) is 7.74. The maximum Gasteiger partial charge on any atom is 0.269 e. The van der Waals surface area contributed by atoms with Crippen molar-refractivity contribution >= 4 is 69.0 Å². The maximum atomic E-state index is 13.0. The summed E-state index contributed by atoms with van der Waals surface area (Å²) < 4.78 is 0. The summed E-state index contributed by atoms with van der Waals surface area (Å²) in [7, 11) is 0. The Morgan fingerprint density at radius 3 is 2.10 bits per heavy atom. The fraction of sp³-hybridized carbons (Fsp3) is 0.429. The Bertz CT molecular complexity index is 1610. The zero-order chi connectivity index (χ0) is 38.1. The molecule has 51 heavy (non-hydrogen) atoms. The number of alkyl halides is 2. The Kier molecular flexibility index (Phi) is 18.3. The molecule has 0 aliphatic heterocycles. The SMILES string of the molecule is CCCC[C@@H](CC(=O)NO)C(=O)N[C@@H](CC(C)C)C(=O)Nc1ccc2ccccc2c1.O=C(N[C@H](CO)[C@H](O)c1ccc([N+](=O)[O-])cc1)C(Cl)Cl. The number of hydroxylamine groups is 1. The molecule has 0 aromatic heterocycles. The first-order chi connectivity index (χ1) is 24.2. The molecule has 14 nitrogen and oxygen atoms in total. The molecular weight excluding hydrogens is 705 g/mol. The van der Waals surface area contributed by atoms with Gasteiger partial charge in [-0.1, -0.05) is 87.1 Å². The summed E-state index contributed by atoms with van der Waals surface area (Å²) in [6.45, 7) is 5.41. The number of carbonyl (C=O) groups excluding carboxylic acids is 4. The van der Waals surface area contributed by atoms with Crippen LogP contribution in [0.2, 0.25) is 0 Å². The summed E-state index contributed by atoms with van der Waals surface area (Å²) >= 11 is 10.7. The van der Waals surface area contributed by atoms with Crippen LogP contribution in [-0.4, -0.2) is 67.5 Å². The minimum Gasteiger partial charge on any atom is -0.394 e. The molecule has 0 radical (unpaired) electrons. The van der Waals surface area contributed by atoms with Crippen molar-refractivity contribution in [2.75, 3.05) is 11.9 Å². The number of amides is 4. The normalized spacial score (nSPS) is 13.3. The van der Waals surface area contributed by atoms with Crippen molar-refractivity contribution in [1.82, 2.24) is 16.1 Å². The van der Waals surface area contributed by atoms with Gasteiger partial charge in [-0.15, -0.1) is 0 Å². The van der Waals surface area contributed by atoms with Gasteiger partial charge in [-0.25, -0.2) is 5.48 Å². The number of halogens is 2. The largest absolute Gasteiger partial charge is 0.394 e. The second-order valence-electron chi connectivity index (χ2n) is 12.2. The summed E-state index contributed by atoms with van der Waals surface area (Å²) in [5, 5.41) is 48.6. The van der Waals surface area contributed by atoms with Crippen LogP contribution in [0, 0.1) is 22.0 Å². The number of hydrogen-bond donors (Lipinski definition) is 7. The van der Waals surface area contributed by atoms with E-state index in [1.54, 1.807) is 5.48 Å². The van der Waals surface area contributed by atoms with Gasteiger partial charge in [-0.05, 0) is 59.4 Å². The molecule has 0 heterocycles. The molecule has 0 fully saturated rings. The lowest BCUT2D eigenvalue weighted by molar-refractivity contribution is -0.384. The average Bonchev–Trinajstić information content (AvgIpc) is 3.11. The van der Waals surface area contributed by atoms with E-state index in [1.165, 1.54) is 24.3 Å². The maximum absolute atomic E-state index is 13.0. The lowest BCUT2D eigenvalue weighted by Gasteiger charge is -2.23. The van der Waals surface area contributed by atoms with E-state index in [0.717, 1.165) is 23.6 Å². The van der Waals surface area contributed by atoms with Crippen molar-refractivity contribution in [2.45, 2.75) is 75.9 Å². The lowest BCUT2D eigenvalue weighted by atomic mass is 9.95. The van der Waals surface area contributed by atoms with Crippen LogP contribution in [0.5, 0.6) is 0 Å². The highest BCUT2D eigenvalue weighted by molar-refractivity contribution is 6.53. The smallest absolute Gasteiger partial charge is 0.269 e. The molecule has 0 spiro atoms. The molecule has 3 rings (SSSR count). The Morgan fingerprint density at radius 1 is 0.902 bits per heavy atom. The van der Waals surface area contributed by atoms with Crippen LogP contribution < -0.4 is 21.4 Å². The number of benzene rings is 3. The molecular formula is C35H45Cl2N5O9. The zero-order valence-corrected chi connectivity index (χ0v) is 30.1. The van der Waals surface area contributed by atoms with Crippen molar-refractivity contribution in [3.63, 3.8) is 0 Å². The van der Waals surface area contributed by atoms with Gasteiger partial charge in [0.15, 0.2) is 4.84 Å². The van der Waals surface area contributed by atoms with Crippen LogP contribution in [0.1, 0.15) is 64.5 Å². The monoisotopic (exact) mass is 749 g/mol. The van der Waals surface area contributed by atoms with Gasteiger partial charge in [0.05, 0.1) is 17.6 Å². The van der Waals surface area contributed by atoms with E-state index in [9.17, 15) is 34.4 Å². The third kappa shape index (κ3) is 14.4. The van der Waals surface area contributed by atoms with E-state index < -0.39 is 52.3 Å². The number of rotatable bonds is 17. The summed E-state index contributed by atoms with van der Waals surface area (Å²) in [5.41, 5.74) is 2.41. The molecule has 4 atom stereocenters. The number of non-ortho nitro benzene ring substituents is 1. The molecule has 278 valence electrons. The van der Waals surface area contributed by atoms with Gasteiger partial charge in [0.25, 0.3) is 11.6 Å². The number of aliphatic hydroxyl groups excluding tert-OH is 2. The third-order valence-corrected chi connectivity index (χ3v) is 8.14. The summed E-state index contributed by atoms with van der Waals surface area (Å²) in [6, 6.07) is 16.9. The molecule has 0 saturated carbocycles. The zero-order valence-electron chi connectivity index (χ0n) is 28.6. The second kappa shape index (κ2) is 21.8. The lowest BCUT2D eigenvalue weighted by Crippen LogP contribution is -2.47. The number of anilines is 1. The highest BCUT2D eigenvalue weighted by Crippen LogP contribution is 2.22. The first-order valence-electron chi connectivity index (χ1n) is 16.3. The van der Waals surface area contributed by atoms with Crippen molar-refractivity contribution < 1.29 is 39.5 Å². The average molecular weight is 751 g/mol. The van der Waals surface area contributed by atoms with Crippen LogP contribution in [-0.2, 0) is 19.2 Å². The van der Waals surface area contributed by atoms with Crippen LogP contribution in [0.4, 0.5) is 11.4 Å². The van der Waals surface area contributed by atoms with Crippen molar-refractivity contribution in [2.24, 2.45) is 11.8 Å². The van der Waals surface area contributed by atoms with Crippen LogP contribution >= 0.6 is 23.2 Å². The number of nitro groups is 1. The van der Waals surface area contributed by atoms with E-state index in [2.05, 4.69) is 16.0 Å². The first kappa shape index (κ1) is 42.8. The Hall–Kier alpha value is -4.34. The topological polar surface area (TPSA) is 220 Å². The number of nitrogens with one attached hydrogen (secondary N) is 4. The Balaban J connectivity index is 0.000000389. The van der Waals surface area contributed by atoms with Gasteiger partial charge in [0, 0.05) is 30.2 Å². The molecule has 0 unspecified atom stereocenters. The Labute approximate surface area is 306 Å². The molecule has 0 aliphatic rings. The number of aliphatic hydroxyl groups is 2. The van der Waals surface area contributed by atoms with E-state index in [4.69, 9.17) is 33.5 Å². The highest BCUT2D eigenvalue weighted by Gasteiger charge is 2.28. The molecule has 0 aliphatic carbocycles. The van der Waals surface area contributed by atoms with E-state index >= 15 is 0 Å². The summed E-state index contributed by atoms with van der Waals surface area (Å²) in [6.07, 6.45) is 1.26. The number of fused-ring (bicyclic) bond motifs is 1. The predicted molar refractivity (Wildman–Crippen MR) is 194 cm³/mol. The van der Waals surface area contributed by atoms with Crippen LogP contribution in [0.25, 0.3) is 10.8 Å². The van der Waals surface area contributed by atoms with Gasteiger partial charge in [-0.2, -0.15) is 0 Å². The minimum atomic E-state index is -1.33. The van der Waals surface area contributed by atoms with Gasteiger partial charge in [0.2, 0.25) is 17.7 Å².